The van der Waals surface area contributed by atoms with Gasteiger partial charge < -0.3 is 14.9 Å². The maximum Gasteiger partial charge on any atom is 0.341 e. The Labute approximate surface area is 93.2 Å². The Kier molecular flexibility index (Phi) is 3.23. The Morgan fingerprint density at radius 3 is 2.57 bits per heavy atom. The molecule has 0 bridgehead atoms. The summed E-state index contributed by atoms with van der Waals surface area (Å²) in [7, 11) is 1.16. The number of carbonyl (C=O) groups excluding carboxylic acids is 1. The quantitative estimate of drug-likeness (QED) is 0.612. The van der Waals surface area contributed by atoms with Crippen LogP contribution in [-0.2, 0) is 4.74 Å². The first kappa shape index (κ1) is 11.1. The van der Waals surface area contributed by atoms with Crippen molar-refractivity contribution in [3.63, 3.8) is 0 Å². The summed E-state index contributed by atoms with van der Waals surface area (Å²) in [5, 5.41) is 18.8. The molecule has 0 unspecified atom stereocenters. The molecular weight excluding hydrogens is 275 g/mol. The van der Waals surface area contributed by atoms with Crippen molar-refractivity contribution < 1.29 is 19.7 Å². The van der Waals surface area contributed by atoms with Crippen LogP contribution in [0.15, 0.2) is 10.5 Å². The maximum absolute atomic E-state index is 11.1. The van der Waals surface area contributed by atoms with Crippen molar-refractivity contribution in [2.75, 3.05) is 7.11 Å². The molecule has 4 nitrogen and oxygen atoms in total. The minimum Gasteiger partial charge on any atom is -0.504 e. The number of carbonyl (C=O) groups is 1. The Morgan fingerprint density at radius 1 is 1.50 bits per heavy atom. The van der Waals surface area contributed by atoms with Crippen LogP contribution >= 0.6 is 27.5 Å². The number of halogens is 2. The van der Waals surface area contributed by atoms with Crippen LogP contribution in [0.4, 0.5) is 0 Å². The van der Waals surface area contributed by atoms with Gasteiger partial charge in [0, 0.05) is 0 Å². The highest BCUT2D eigenvalue weighted by atomic mass is 79.9. The summed E-state index contributed by atoms with van der Waals surface area (Å²) in [5.41, 5.74) is -0.182. The third-order valence-corrected chi connectivity index (χ3v) is 2.90. The number of phenols is 2. The van der Waals surface area contributed by atoms with Gasteiger partial charge >= 0.3 is 5.97 Å². The second kappa shape index (κ2) is 4.06. The molecule has 0 aliphatic carbocycles. The molecule has 0 radical (unpaired) electrons. The Hall–Kier alpha value is -0.940. The highest BCUT2D eigenvalue weighted by Crippen LogP contribution is 2.41. The lowest BCUT2D eigenvalue weighted by atomic mass is 10.2. The topological polar surface area (TPSA) is 66.8 Å². The van der Waals surface area contributed by atoms with Gasteiger partial charge in [-0.1, -0.05) is 11.6 Å². The van der Waals surface area contributed by atoms with Crippen molar-refractivity contribution in [3.8, 4) is 11.5 Å². The van der Waals surface area contributed by atoms with Crippen LogP contribution in [0.3, 0.4) is 0 Å². The zero-order valence-electron chi connectivity index (χ0n) is 7.04. The predicted molar refractivity (Wildman–Crippen MR) is 53.8 cm³/mol. The van der Waals surface area contributed by atoms with E-state index in [4.69, 9.17) is 11.6 Å². The first-order valence-electron chi connectivity index (χ1n) is 3.47. The minimum atomic E-state index is -0.771. The largest absolute Gasteiger partial charge is 0.504 e. The fourth-order valence-corrected chi connectivity index (χ4v) is 1.37. The molecule has 0 saturated heterocycles. The molecule has 0 heterocycles. The number of methoxy groups -OCH3 is 1. The molecule has 0 atom stereocenters. The van der Waals surface area contributed by atoms with E-state index < -0.39 is 17.5 Å². The van der Waals surface area contributed by atoms with Gasteiger partial charge in [-0.05, 0) is 22.0 Å². The SMILES string of the molecule is COC(=O)c1cc(Cl)c(Br)c(O)c1O. The number of aromatic hydroxyl groups is 2. The summed E-state index contributed by atoms with van der Waals surface area (Å²) in [6, 6.07) is 1.20. The van der Waals surface area contributed by atoms with Gasteiger partial charge in [0.15, 0.2) is 11.5 Å². The van der Waals surface area contributed by atoms with Gasteiger partial charge in [-0.2, -0.15) is 0 Å². The van der Waals surface area contributed by atoms with Crippen LogP contribution in [0.1, 0.15) is 10.4 Å². The van der Waals surface area contributed by atoms with Gasteiger partial charge in [-0.3, -0.25) is 0 Å². The third-order valence-electron chi connectivity index (χ3n) is 1.57. The number of ether oxygens (including phenoxy) is 1. The molecule has 0 saturated carbocycles. The van der Waals surface area contributed by atoms with Gasteiger partial charge in [-0.25, -0.2) is 4.79 Å². The van der Waals surface area contributed by atoms with Crippen molar-refractivity contribution in [3.05, 3.63) is 21.1 Å². The predicted octanol–water partition coefficient (Wildman–Crippen LogP) is 2.30. The third kappa shape index (κ3) is 1.78. The average molecular weight is 281 g/mol. The van der Waals surface area contributed by atoms with Gasteiger partial charge in [-0.15, -0.1) is 0 Å². The highest BCUT2D eigenvalue weighted by Gasteiger charge is 2.19. The highest BCUT2D eigenvalue weighted by molar-refractivity contribution is 9.10. The molecule has 1 rings (SSSR count). The zero-order chi connectivity index (χ0) is 10.9. The molecule has 14 heavy (non-hydrogen) atoms. The Morgan fingerprint density at radius 2 is 2.07 bits per heavy atom. The summed E-state index contributed by atoms with van der Waals surface area (Å²) in [6.07, 6.45) is 0. The van der Waals surface area contributed by atoms with E-state index >= 15 is 0 Å². The first-order chi connectivity index (χ1) is 6.49. The second-order valence-corrected chi connectivity index (χ2v) is 3.61. The molecule has 0 spiro atoms. The molecule has 76 valence electrons. The van der Waals surface area contributed by atoms with Crippen molar-refractivity contribution >= 4 is 33.5 Å². The van der Waals surface area contributed by atoms with Crippen molar-refractivity contribution in [1.29, 1.82) is 0 Å². The number of rotatable bonds is 1. The van der Waals surface area contributed by atoms with E-state index in [2.05, 4.69) is 20.7 Å². The number of phenolic OH excluding ortho intramolecular Hbond substituents is 2. The van der Waals surface area contributed by atoms with E-state index in [9.17, 15) is 15.0 Å². The number of benzene rings is 1. The number of hydrogen-bond acceptors (Lipinski definition) is 4. The Bertz CT molecular complexity index is 391. The summed E-state index contributed by atoms with van der Waals surface area (Å²) in [6.45, 7) is 0. The molecule has 0 amide bonds. The van der Waals surface area contributed by atoms with E-state index in [1.807, 2.05) is 0 Å². The molecule has 0 aromatic heterocycles. The lowest BCUT2D eigenvalue weighted by molar-refractivity contribution is 0.0596. The molecule has 1 aromatic rings. The smallest absolute Gasteiger partial charge is 0.341 e. The van der Waals surface area contributed by atoms with Crippen molar-refractivity contribution in [1.82, 2.24) is 0 Å². The Balaban J connectivity index is 3.40. The second-order valence-electron chi connectivity index (χ2n) is 2.41. The maximum atomic E-state index is 11.1. The summed E-state index contributed by atoms with van der Waals surface area (Å²) < 4.78 is 4.51. The normalized spacial score (nSPS) is 9.93. The fraction of sp³-hybridized carbons (Fsp3) is 0.125. The standard InChI is InChI=1S/C8H6BrClO4/c1-14-8(13)3-2-4(10)5(9)7(12)6(3)11/h2,11-12H,1H3. The summed E-state index contributed by atoms with van der Waals surface area (Å²) in [5.74, 6) is -1.82. The van der Waals surface area contributed by atoms with Crippen LogP contribution in [0.25, 0.3) is 0 Å². The van der Waals surface area contributed by atoms with E-state index in [-0.39, 0.29) is 15.1 Å². The molecule has 2 N–H and O–H groups in total. The molecule has 0 aliphatic rings. The van der Waals surface area contributed by atoms with Crippen LogP contribution in [-0.4, -0.2) is 23.3 Å². The van der Waals surface area contributed by atoms with Gasteiger partial charge in [0.2, 0.25) is 0 Å². The van der Waals surface area contributed by atoms with Gasteiger partial charge in [0.1, 0.15) is 5.56 Å². The average Bonchev–Trinajstić information content (AvgIpc) is 2.19. The van der Waals surface area contributed by atoms with E-state index in [1.54, 1.807) is 0 Å². The lowest BCUT2D eigenvalue weighted by Crippen LogP contribution is -2.01. The van der Waals surface area contributed by atoms with Crippen LogP contribution in [0.5, 0.6) is 11.5 Å². The molecule has 6 heteroatoms. The van der Waals surface area contributed by atoms with Crippen LogP contribution < -0.4 is 0 Å². The van der Waals surface area contributed by atoms with Crippen LogP contribution in [0, 0.1) is 0 Å². The zero-order valence-corrected chi connectivity index (χ0v) is 9.39. The minimum absolute atomic E-state index is 0.112. The van der Waals surface area contributed by atoms with E-state index in [0.29, 0.717) is 0 Å². The van der Waals surface area contributed by atoms with Gasteiger partial charge in [0.25, 0.3) is 0 Å². The monoisotopic (exact) mass is 280 g/mol. The number of hydrogen-bond donors (Lipinski definition) is 2. The molecular formula is C8H6BrClO4. The van der Waals surface area contributed by atoms with Crippen molar-refractivity contribution in [2.24, 2.45) is 0 Å². The summed E-state index contributed by atoms with van der Waals surface area (Å²) >= 11 is 8.61. The first-order valence-corrected chi connectivity index (χ1v) is 4.64. The van der Waals surface area contributed by atoms with Gasteiger partial charge in [0.05, 0.1) is 16.6 Å². The number of esters is 1. The molecule has 0 fully saturated rings. The van der Waals surface area contributed by atoms with Crippen molar-refractivity contribution in [2.45, 2.75) is 0 Å². The summed E-state index contributed by atoms with van der Waals surface area (Å²) in [4.78, 5) is 11.1. The fourth-order valence-electron chi connectivity index (χ4n) is 0.869. The van der Waals surface area contributed by atoms with E-state index in [0.717, 1.165) is 7.11 Å². The molecule has 0 aliphatic heterocycles. The molecule has 1 aromatic carbocycles. The van der Waals surface area contributed by atoms with E-state index in [1.165, 1.54) is 6.07 Å². The lowest BCUT2D eigenvalue weighted by Gasteiger charge is -2.07. The van der Waals surface area contributed by atoms with Crippen LogP contribution in [0.2, 0.25) is 5.02 Å².